The summed E-state index contributed by atoms with van der Waals surface area (Å²) in [6.45, 7) is 4.73. The van der Waals surface area contributed by atoms with E-state index in [0.29, 0.717) is 12.5 Å². The second-order valence-electron chi connectivity index (χ2n) is 5.44. The summed E-state index contributed by atoms with van der Waals surface area (Å²) >= 11 is 0. The Labute approximate surface area is 115 Å². The van der Waals surface area contributed by atoms with E-state index in [4.69, 9.17) is 11.5 Å². The molecule has 0 aliphatic carbocycles. The van der Waals surface area contributed by atoms with Crippen LogP contribution in [0.3, 0.4) is 0 Å². The van der Waals surface area contributed by atoms with Gasteiger partial charge in [0.15, 0.2) is 0 Å². The topological polar surface area (TPSA) is 81.1 Å². The molecule has 0 saturated heterocycles. The van der Waals surface area contributed by atoms with Crippen LogP contribution >= 0.6 is 0 Å². The Bertz CT molecular complexity index is 378. The zero-order chi connectivity index (χ0) is 14.3. The van der Waals surface area contributed by atoms with Crippen LogP contribution in [0.1, 0.15) is 25.8 Å². The van der Waals surface area contributed by atoms with Crippen LogP contribution in [0.4, 0.5) is 0 Å². The molecule has 5 N–H and O–H groups in total. The Hall–Kier alpha value is -1.39. The van der Waals surface area contributed by atoms with Crippen molar-refractivity contribution < 1.29 is 4.79 Å². The van der Waals surface area contributed by atoms with E-state index in [1.54, 1.807) is 0 Å². The second kappa shape index (κ2) is 7.92. The van der Waals surface area contributed by atoms with Gasteiger partial charge in [-0.15, -0.1) is 0 Å². The number of benzene rings is 1. The molecule has 1 rings (SSSR count). The van der Waals surface area contributed by atoms with Crippen molar-refractivity contribution in [3.05, 3.63) is 35.9 Å². The summed E-state index contributed by atoms with van der Waals surface area (Å²) in [4.78, 5) is 11.3. The summed E-state index contributed by atoms with van der Waals surface area (Å²) in [7, 11) is 0. The van der Waals surface area contributed by atoms with Gasteiger partial charge in [0.2, 0.25) is 5.91 Å². The van der Waals surface area contributed by atoms with Crippen molar-refractivity contribution in [2.24, 2.45) is 17.4 Å². The average molecular weight is 263 g/mol. The zero-order valence-corrected chi connectivity index (χ0v) is 11.8. The SMILES string of the molecule is CC(C)C[C@@H](NC[C@H](N)Cc1ccccc1)C(N)=O. The molecular formula is C15H25N3O. The Morgan fingerprint density at radius 2 is 1.89 bits per heavy atom. The van der Waals surface area contributed by atoms with Crippen LogP contribution in [0.5, 0.6) is 0 Å². The van der Waals surface area contributed by atoms with Crippen LogP contribution in [-0.2, 0) is 11.2 Å². The molecule has 0 aliphatic rings. The predicted molar refractivity (Wildman–Crippen MR) is 78.6 cm³/mol. The maximum Gasteiger partial charge on any atom is 0.234 e. The lowest BCUT2D eigenvalue weighted by atomic mass is 10.0. The van der Waals surface area contributed by atoms with Crippen molar-refractivity contribution in [1.29, 1.82) is 0 Å². The van der Waals surface area contributed by atoms with E-state index in [1.165, 1.54) is 5.56 Å². The van der Waals surface area contributed by atoms with E-state index >= 15 is 0 Å². The van der Waals surface area contributed by atoms with Crippen molar-refractivity contribution in [3.8, 4) is 0 Å². The van der Waals surface area contributed by atoms with Gasteiger partial charge in [0, 0.05) is 12.6 Å². The van der Waals surface area contributed by atoms with Gasteiger partial charge in [-0.25, -0.2) is 0 Å². The number of hydrogen-bond acceptors (Lipinski definition) is 3. The van der Waals surface area contributed by atoms with Crippen LogP contribution in [0.15, 0.2) is 30.3 Å². The van der Waals surface area contributed by atoms with Gasteiger partial charge >= 0.3 is 0 Å². The Morgan fingerprint density at radius 3 is 2.42 bits per heavy atom. The second-order valence-corrected chi connectivity index (χ2v) is 5.44. The minimum Gasteiger partial charge on any atom is -0.368 e. The number of nitrogens with two attached hydrogens (primary N) is 2. The molecule has 1 amide bonds. The van der Waals surface area contributed by atoms with Crippen LogP contribution in [0.25, 0.3) is 0 Å². The average Bonchev–Trinajstić information content (AvgIpc) is 2.35. The zero-order valence-electron chi connectivity index (χ0n) is 11.8. The molecule has 4 heteroatoms. The third kappa shape index (κ3) is 6.36. The van der Waals surface area contributed by atoms with Gasteiger partial charge < -0.3 is 16.8 Å². The largest absolute Gasteiger partial charge is 0.368 e. The molecule has 1 aromatic rings. The molecule has 4 nitrogen and oxygen atoms in total. The number of rotatable bonds is 8. The first kappa shape index (κ1) is 15.7. The number of primary amides is 1. The van der Waals surface area contributed by atoms with Gasteiger partial charge in [-0.3, -0.25) is 4.79 Å². The Morgan fingerprint density at radius 1 is 1.26 bits per heavy atom. The first-order chi connectivity index (χ1) is 8.99. The van der Waals surface area contributed by atoms with Gasteiger partial charge in [0.1, 0.15) is 0 Å². The molecule has 0 aliphatic heterocycles. The van der Waals surface area contributed by atoms with Crippen LogP contribution < -0.4 is 16.8 Å². The number of carbonyl (C=O) groups is 1. The molecule has 0 unspecified atom stereocenters. The van der Waals surface area contributed by atoms with Crippen molar-refractivity contribution in [2.75, 3.05) is 6.54 Å². The lowest BCUT2D eigenvalue weighted by Crippen LogP contribution is -2.47. The molecule has 0 saturated carbocycles. The summed E-state index contributed by atoms with van der Waals surface area (Å²) in [6.07, 6.45) is 1.54. The van der Waals surface area contributed by atoms with Gasteiger partial charge in [-0.05, 0) is 24.3 Å². The van der Waals surface area contributed by atoms with E-state index in [9.17, 15) is 4.79 Å². The smallest absolute Gasteiger partial charge is 0.234 e. The fraction of sp³-hybridized carbons (Fsp3) is 0.533. The Balaban J connectivity index is 2.39. The molecule has 0 fully saturated rings. The lowest BCUT2D eigenvalue weighted by Gasteiger charge is -2.20. The van der Waals surface area contributed by atoms with Crippen molar-refractivity contribution in [2.45, 2.75) is 38.8 Å². The predicted octanol–water partition coefficient (Wildman–Crippen LogP) is 1.05. The van der Waals surface area contributed by atoms with E-state index in [1.807, 2.05) is 18.2 Å². The fourth-order valence-electron chi connectivity index (χ4n) is 2.05. The lowest BCUT2D eigenvalue weighted by molar-refractivity contribution is -0.120. The molecular weight excluding hydrogens is 238 g/mol. The highest BCUT2D eigenvalue weighted by molar-refractivity contribution is 5.79. The summed E-state index contributed by atoms with van der Waals surface area (Å²) in [5, 5.41) is 3.17. The monoisotopic (exact) mass is 263 g/mol. The molecule has 106 valence electrons. The summed E-state index contributed by atoms with van der Waals surface area (Å²) in [6, 6.07) is 9.79. The van der Waals surface area contributed by atoms with Crippen LogP contribution in [-0.4, -0.2) is 24.5 Å². The van der Waals surface area contributed by atoms with Crippen molar-refractivity contribution >= 4 is 5.91 Å². The number of hydrogen-bond donors (Lipinski definition) is 3. The van der Waals surface area contributed by atoms with E-state index in [2.05, 4.69) is 31.3 Å². The first-order valence-electron chi connectivity index (χ1n) is 6.81. The highest BCUT2D eigenvalue weighted by Crippen LogP contribution is 2.05. The van der Waals surface area contributed by atoms with Gasteiger partial charge in [0.05, 0.1) is 6.04 Å². The first-order valence-corrected chi connectivity index (χ1v) is 6.81. The maximum atomic E-state index is 11.3. The summed E-state index contributed by atoms with van der Waals surface area (Å²) in [5.41, 5.74) is 12.7. The normalized spacial score (nSPS) is 14.3. The van der Waals surface area contributed by atoms with Crippen LogP contribution in [0.2, 0.25) is 0 Å². The van der Waals surface area contributed by atoms with Crippen molar-refractivity contribution in [3.63, 3.8) is 0 Å². The maximum absolute atomic E-state index is 11.3. The quantitative estimate of drug-likeness (QED) is 0.655. The van der Waals surface area contributed by atoms with E-state index < -0.39 is 0 Å². The number of amides is 1. The van der Waals surface area contributed by atoms with Gasteiger partial charge in [0.25, 0.3) is 0 Å². The van der Waals surface area contributed by atoms with Crippen LogP contribution in [0, 0.1) is 5.92 Å². The number of carbonyl (C=O) groups excluding carboxylic acids is 1. The Kier molecular flexibility index (Phi) is 6.53. The third-order valence-corrected chi connectivity index (χ3v) is 3.02. The minimum atomic E-state index is -0.305. The molecule has 0 spiro atoms. The van der Waals surface area contributed by atoms with E-state index in [0.717, 1.165) is 12.8 Å². The molecule has 0 aromatic heterocycles. The highest BCUT2D eigenvalue weighted by Gasteiger charge is 2.17. The van der Waals surface area contributed by atoms with Crippen molar-refractivity contribution in [1.82, 2.24) is 5.32 Å². The number of nitrogens with one attached hydrogen (secondary N) is 1. The fourth-order valence-corrected chi connectivity index (χ4v) is 2.05. The summed E-state index contributed by atoms with van der Waals surface area (Å²) in [5.74, 6) is 0.121. The van der Waals surface area contributed by atoms with E-state index in [-0.39, 0.29) is 18.0 Å². The minimum absolute atomic E-state index is 0.0172. The molecule has 0 heterocycles. The standard InChI is InChI=1S/C15H25N3O/c1-11(2)8-14(15(17)19)18-10-13(16)9-12-6-4-3-5-7-12/h3-7,11,13-14,18H,8-10,16H2,1-2H3,(H2,17,19)/t13-,14-/m1/s1. The highest BCUT2D eigenvalue weighted by atomic mass is 16.1. The molecule has 0 radical (unpaired) electrons. The third-order valence-electron chi connectivity index (χ3n) is 3.02. The van der Waals surface area contributed by atoms with Gasteiger partial charge in [-0.2, -0.15) is 0 Å². The molecule has 2 atom stereocenters. The molecule has 1 aromatic carbocycles. The molecule has 19 heavy (non-hydrogen) atoms. The summed E-state index contributed by atoms with van der Waals surface area (Å²) < 4.78 is 0. The van der Waals surface area contributed by atoms with Gasteiger partial charge in [-0.1, -0.05) is 44.2 Å². The molecule has 0 bridgehead atoms.